The third-order valence-electron chi connectivity index (χ3n) is 0.904. The Balaban J connectivity index is 2.75. The van der Waals surface area contributed by atoms with Gasteiger partial charge in [0, 0.05) is 17.9 Å². The predicted molar refractivity (Wildman–Crippen MR) is 41.9 cm³/mol. The maximum absolute atomic E-state index is 10.4. The summed E-state index contributed by atoms with van der Waals surface area (Å²) in [6.07, 6.45) is 0. The molecular formula is C8H6OS. The van der Waals surface area contributed by atoms with Crippen molar-refractivity contribution >= 4 is 17.1 Å². The molecule has 0 bridgehead atoms. The van der Waals surface area contributed by atoms with E-state index in [0.717, 1.165) is 5.56 Å². The molecule has 0 amide bonds. The van der Waals surface area contributed by atoms with Crippen molar-refractivity contribution in [3.05, 3.63) is 22.4 Å². The largest absolute Gasteiger partial charge is 0.285 e. The van der Waals surface area contributed by atoms with Gasteiger partial charge in [0.15, 0.2) is 0 Å². The van der Waals surface area contributed by atoms with Crippen LogP contribution in [0.4, 0.5) is 0 Å². The first kappa shape index (κ1) is 7.04. The zero-order chi connectivity index (χ0) is 7.40. The fourth-order valence-electron chi connectivity index (χ4n) is 0.496. The van der Waals surface area contributed by atoms with Crippen molar-refractivity contribution in [3.63, 3.8) is 0 Å². The first-order valence-corrected chi connectivity index (χ1v) is 3.78. The van der Waals surface area contributed by atoms with Gasteiger partial charge in [-0.15, -0.1) is 0 Å². The van der Waals surface area contributed by atoms with Crippen molar-refractivity contribution in [1.29, 1.82) is 0 Å². The molecule has 0 aliphatic rings. The van der Waals surface area contributed by atoms with Gasteiger partial charge in [-0.25, -0.2) is 0 Å². The van der Waals surface area contributed by atoms with Gasteiger partial charge in [-0.3, -0.25) is 4.79 Å². The van der Waals surface area contributed by atoms with Crippen LogP contribution < -0.4 is 0 Å². The molecule has 0 spiro atoms. The summed E-state index contributed by atoms with van der Waals surface area (Å²) < 4.78 is 0. The van der Waals surface area contributed by atoms with Gasteiger partial charge in [-0.05, 0) is 17.4 Å². The van der Waals surface area contributed by atoms with Crippen LogP contribution in [0.25, 0.3) is 0 Å². The summed E-state index contributed by atoms with van der Waals surface area (Å²) in [7, 11) is 0. The van der Waals surface area contributed by atoms with Crippen LogP contribution in [0, 0.1) is 11.8 Å². The molecular weight excluding hydrogens is 144 g/mol. The van der Waals surface area contributed by atoms with Crippen LogP contribution in [-0.4, -0.2) is 5.78 Å². The number of hydrogen-bond donors (Lipinski definition) is 0. The summed E-state index contributed by atoms with van der Waals surface area (Å²) in [5.41, 5.74) is 0.917. The van der Waals surface area contributed by atoms with Gasteiger partial charge in [0.1, 0.15) is 0 Å². The van der Waals surface area contributed by atoms with E-state index in [2.05, 4.69) is 11.8 Å². The van der Waals surface area contributed by atoms with Gasteiger partial charge in [0.2, 0.25) is 5.78 Å². The van der Waals surface area contributed by atoms with E-state index in [-0.39, 0.29) is 5.78 Å². The Morgan fingerprint density at radius 3 is 3.00 bits per heavy atom. The van der Waals surface area contributed by atoms with Crippen LogP contribution in [0.2, 0.25) is 0 Å². The molecule has 0 saturated carbocycles. The first-order chi connectivity index (χ1) is 4.79. The summed E-state index contributed by atoms with van der Waals surface area (Å²) in [4.78, 5) is 10.4. The summed E-state index contributed by atoms with van der Waals surface area (Å²) in [6, 6.07) is 1.89. The van der Waals surface area contributed by atoms with E-state index in [1.54, 1.807) is 11.3 Å². The molecule has 2 heteroatoms. The lowest BCUT2D eigenvalue weighted by Gasteiger charge is -1.72. The predicted octanol–water partition coefficient (Wildman–Crippen LogP) is 1.69. The molecule has 0 aliphatic carbocycles. The van der Waals surface area contributed by atoms with Gasteiger partial charge in [0.25, 0.3) is 0 Å². The van der Waals surface area contributed by atoms with E-state index in [4.69, 9.17) is 0 Å². The second-order valence-electron chi connectivity index (χ2n) is 1.82. The Morgan fingerprint density at radius 1 is 1.70 bits per heavy atom. The standard InChI is InChI=1S/C8H6OS/c1-7(9)2-3-8-4-5-10-6-8/h4-6H,1H3. The quantitative estimate of drug-likeness (QED) is 0.514. The molecule has 0 unspecified atom stereocenters. The molecule has 0 fully saturated rings. The molecule has 1 aromatic heterocycles. The lowest BCUT2D eigenvalue weighted by molar-refractivity contribution is -0.111. The van der Waals surface area contributed by atoms with Crippen molar-refractivity contribution in [1.82, 2.24) is 0 Å². The topological polar surface area (TPSA) is 17.1 Å². The van der Waals surface area contributed by atoms with E-state index >= 15 is 0 Å². The zero-order valence-corrected chi connectivity index (χ0v) is 6.37. The molecule has 1 heterocycles. The van der Waals surface area contributed by atoms with Crippen molar-refractivity contribution in [2.24, 2.45) is 0 Å². The van der Waals surface area contributed by atoms with Gasteiger partial charge in [0.05, 0.1) is 0 Å². The first-order valence-electron chi connectivity index (χ1n) is 2.84. The highest BCUT2D eigenvalue weighted by Gasteiger charge is 1.84. The number of carbonyl (C=O) groups is 1. The molecule has 1 nitrogen and oxygen atoms in total. The van der Waals surface area contributed by atoms with E-state index in [0.29, 0.717) is 0 Å². The number of rotatable bonds is 0. The molecule has 0 atom stereocenters. The summed E-state index contributed by atoms with van der Waals surface area (Å²) >= 11 is 1.58. The lowest BCUT2D eigenvalue weighted by atomic mass is 10.3. The summed E-state index contributed by atoms with van der Waals surface area (Å²) in [5.74, 6) is 5.11. The maximum atomic E-state index is 10.4. The fourth-order valence-corrected chi connectivity index (χ4v) is 1.08. The Kier molecular flexibility index (Phi) is 2.24. The Hall–Kier alpha value is -1.07. The zero-order valence-electron chi connectivity index (χ0n) is 5.55. The third kappa shape index (κ3) is 2.04. The van der Waals surface area contributed by atoms with Crippen molar-refractivity contribution in [2.45, 2.75) is 6.92 Å². The Bertz CT molecular complexity index is 274. The van der Waals surface area contributed by atoms with E-state index in [1.807, 2.05) is 16.8 Å². The van der Waals surface area contributed by atoms with Crippen LogP contribution in [0.15, 0.2) is 16.8 Å². The number of thiophene rings is 1. The van der Waals surface area contributed by atoms with Crippen LogP contribution >= 0.6 is 11.3 Å². The molecule has 0 radical (unpaired) electrons. The number of ketones is 1. The molecule has 1 aromatic rings. The van der Waals surface area contributed by atoms with Gasteiger partial charge in [-0.2, -0.15) is 11.3 Å². The molecule has 1 rings (SSSR count). The highest BCUT2D eigenvalue weighted by Crippen LogP contribution is 2.02. The van der Waals surface area contributed by atoms with Crippen molar-refractivity contribution in [3.8, 4) is 11.8 Å². The van der Waals surface area contributed by atoms with E-state index in [1.165, 1.54) is 6.92 Å². The highest BCUT2D eigenvalue weighted by atomic mass is 32.1. The minimum Gasteiger partial charge on any atom is -0.285 e. The summed E-state index contributed by atoms with van der Waals surface area (Å²) in [5, 5.41) is 3.85. The van der Waals surface area contributed by atoms with Gasteiger partial charge >= 0.3 is 0 Å². The monoisotopic (exact) mass is 150 g/mol. The van der Waals surface area contributed by atoms with Crippen molar-refractivity contribution in [2.75, 3.05) is 0 Å². The van der Waals surface area contributed by atoms with Gasteiger partial charge in [-0.1, -0.05) is 5.92 Å². The lowest BCUT2D eigenvalue weighted by Crippen LogP contribution is -1.79. The minimum atomic E-state index is -0.0915. The molecule has 10 heavy (non-hydrogen) atoms. The van der Waals surface area contributed by atoms with Gasteiger partial charge < -0.3 is 0 Å². The maximum Gasteiger partial charge on any atom is 0.202 e. The van der Waals surface area contributed by atoms with Crippen molar-refractivity contribution < 1.29 is 4.79 Å². The van der Waals surface area contributed by atoms with E-state index in [9.17, 15) is 4.79 Å². The highest BCUT2D eigenvalue weighted by molar-refractivity contribution is 7.08. The number of Topliss-reactive ketones (excluding diaryl/α,β-unsaturated/α-hetero) is 1. The average Bonchev–Trinajstić information content (AvgIpc) is 2.34. The summed E-state index contributed by atoms with van der Waals surface area (Å²) in [6.45, 7) is 1.46. The number of carbonyl (C=O) groups excluding carboxylic acids is 1. The molecule has 0 N–H and O–H groups in total. The Morgan fingerprint density at radius 2 is 2.50 bits per heavy atom. The van der Waals surface area contributed by atoms with Crippen LogP contribution in [0.3, 0.4) is 0 Å². The van der Waals surface area contributed by atoms with Crippen LogP contribution in [0.5, 0.6) is 0 Å². The minimum absolute atomic E-state index is 0.0915. The fraction of sp³-hybridized carbons (Fsp3) is 0.125. The smallest absolute Gasteiger partial charge is 0.202 e. The number of hydrogen-bond acceptors (Lipinski definition) is 2. The third-order valence-corrected chi connectivity index (χ3v) is 1.59. The Labute approximate surface area is 63.7 Å². The SMILES string of the molecule is CC(=O)C#Cc1ccsc1. The average molecular weight is 150 g/mol. The molecule has 0 aliphatic heterocycles. The van der Waals surface area contributed by atoms with Crippen LogP contribution in [0.1, 0.15) is 12.5 Å². The molecule has 50 valence electrons. The second-order valence-corrected chi connectivity index (χ2v) is 2.60. The molecule has 0 aromatic carbocycles. The van der Waals surface area contributed by atoms with Crippen LogP contribution in [-0.2, 0) is 4.79 Å². The normalized spacial score (nSPS) is 8.10. The van der Waals surface area contributed by atoms with E-state index < -0.39 is 0 Å². The molecule has 0 saturated heterocycles. The second kappa shape index (κ2) is 3.19.